The number of rotatable bonds is 2. The zero-order valence-electron chi connectivity index (χ0n) is 10.2. The van der Waals surface area contributed by atoms with Gasteiger partial charge in [0.2, 0.25) is 5.95 Å². The lowest BCUT2D eigenvalue weighted by atomic mass is 10.1. The molecule has 1 saturated heterocycles. The molecule has 0 unspecified atom stereocenters. The van der Waals surface area contributed by atoms with Crippen molar-refractivity contribution in [2.24, 2.45) is 0 Å². The molecule has 8 heteroatoms. The van der Waals surface area contributed by atoms with Gasteiger partial charge in [0.25, 0.3) is 0 Å². The zero-order valence-corrected chi connectivity index (χ0v) is 10.2. The fraction of sp³-hybridized carbons (Fsp3) is 0.455. The van der Waals surface area contributed by atoms with Crippen molar-refractivity contribution in [1.82, 2.24) is 24.3 Å². The molecule has 100 valence electrons. The molecular formula is C11H13N5O3. The van der Waals surface area contributed by atoms with Gasteiger partial charge in [-0.25, -0.2) is 18.8 Å². The van der Waals surface area contributed by atoms with E-state index >= 15 is 0 Å². The third-order valence-corrected chi connectivity index (χ3v) is 3.12. The molecule has 8 nitrogen and oxygen atoms in total. The van der Waals surface area contributed by atoms with Crippen LogP contribution in [0.2, 0.25) is 0 Å². The lowest BCUT2D eigenvalue weighted by Gasteiger charge is -2.22. The van der Waals surface area contributed by atoms with E-state index in [4.69, 9.17) is 4.74 Å². The molecule has 19 heavy (non-hydrogen) atoms. The van der Waals surface area contributed by atoms with Gasteiger partial charge in [0.05, 0.1) is 0 Å². The first-order chi connectivity index (χ1) is 9.25. The Hall–Kier alpha value is -2.22. The van der Waals surface area contributed by atoms with Crippen molar-refractivity contribution in [3.8, 4) is 5.95 Å². The number of aromatic nitrogens is 5. The third kappa shape index (κ3) is 2.22. The van der Waals surface area contributed by atoms with E-state index in [0.29, 0.717) is 26.1 Å². The van der Waals surface area contributed by atoms with Crippen LogP contribution in [0.3, 0.4) is 0 Å². The highest BCUT2D eigenvalue weighted by molar-refractivity contribution is 5.06. The van der Waals surface area contributed by atoms with E-state index < -0.39 is 11.4 Å². The largest absolute Gasteiger partial charge is 0.381 e. The van der Waals surface area contributed by atoms with Crippen LogP contribution in [0.5, 0.6) is 0 Å². The van der Waals surface area contributed by atoms with Gasteiger partial charge in [-0.3, -0.25) is 4.98 Å². The lowest BCUT2D eigenvalue weighted by Crippen LogP contribution is -2.42. The maximum absolute atomic E-state index is 12.0. The Balaban J connectivity index is 2.03. The van der Waals surface area contributed by atoms with Crippen molar-refractivity contribution < 1.29 is 4.74 Å². The minimum Gasteiger partial charge on any atom is -0.381 e. The first-order valence-corrected chi connectivity index (χ1v) is 6.06. The highest BCUT2D eigenvalue weighted by Crippen LogP contribution is 2.16. The lowest BCUT2D eigenvalue weighted by molar-refractivity contribution is 0.0670. The number of hydrogen-bond donors (Lipinski definition) is 1. The average Bonchev–Trinajstić information content (AvgIpc) is 2.93. The Bertz CT molecular complexity index is 635. The van der Waals surface area contributed by atoms with Gasteiger partial charge in [-0.2, -0.15) is 10.1 Å². The fourth-order valence-corrected chi connectivity index (χ4v) is 2.18. The third-order valence-electron chi connectivity index (χ3n) is 3.12. The number of nitrogens with one attached hydrogen (secondary N) is 1. The number of nitrogens with zero attached hydrogens (tertiary/aromatic N) is 4. The monoisotopic (exact) mass is 263 g/mol. The first kappa shape index (κ1) is 11.8. The van der Waals surface area contributed by atoms with Crippen LogP contribution in [0.15, 0.2) is 28.0 Å². The van der Waals surface area contributed by atoms with Crippen molar-refractivity contribution >= 4 is 0 Å². The summed E-state index contributed by atoms with van der Waals surface area (Å²) < 4.78 is 7.73. The van der Waals surface area contributed by atoms with Crippen molar-refractivity contribution in [1.29, 1.82) is 0 Å². The summed E-state index contributed by atoms with van der Waals surface area (Å²) in [4.78, 5) is 30.5. The minimum atomic E-state index is -0.554. The topological polar surface area (TPSA) is 94.8 Å². The van der Waals surface area contributed by atoms with Crippen molar-refractivity contribution in [2.45, 2.75) is 18.9 Å². The average molecular weight is 263 g/mol. The summed E-state index contributed by atoms with van der Waals surface area (Å²) in [6.07, 6.45) is 4.44. The van der Waals surface area contributed by atoms with Crippen LogP contribution in [-0.4, -0.2) is 37.5 Å². The van der Waals surface area contributed by atoms with E-state index in [1.165, 1.54) is 4.68 Å². The summed E-state index contributed by atoms with van der Waals surface area (Å²) in [5.41, 5.74) is -1.02. The SMILES string of the molecule is O=c1nc(-n2cccn2)[nH]c(=O)n1C1CCOCC1. The molecule has 2 aromatic rings. The van der Waals surface area contributed by atoms with Gasteiger partial charge in [-0.05, 0) is 18.9 Å². The van der Waals surface area contributed by atoms with E-state index in [2.05, 4.69) is 15.1 Å². The van der Waals surface area contributed by atoms with Crippen LogP contribution in [-0.2, 0) is 4.74 Å². The van der Waals surface area contributed by atoms with E-state index in [1.54, 1.807) is 18.5 Å². The van der Waals surface area contributed by atoms with Crippen LogP contribution < -0.4 is 11.4 Å². The van der Waals surface area contributed by atoms with Gasteiger partial charge in [-0.1, -0.05) is 0 Å². The Kier molecular flexibility index (Phi) is 3.00. The van der Waals surface area contributed by atoms with Gasteiger partial charge < -0.3 is 4.74 Å². The van der Waals surface area contributed by atoms with Crippen molar-refractivity contribution in [3.05, 3.63) is 39.4 Å². The summed E-state index contributed by atoms with van der Waals surface area (Å²) in [5, 5.41) is 3.93. The van der Waals surface area contributed by atoms with Crippen LogP contribution >= 0.6 is 0 Å². The minimum absolute atomic E-state index is 0.128. The highest BCUT2D eigenvalue weighted by atomic mass is 16.5. The maximum Gasteiger partial charge on any atom is 0.355 e. The van der Waals surface area contributed by atoms with Gasteiger partial charge in [0.1, 0.15) is 0 Å². The molecule has 3 heterocycles. The number of aromatic amines is 1. The zero-order chi connectivity index (χ0) is 13.2. The maximum atomic E-state index is 12.0. The normalized spacial score (nSPS) is 16.6. The van der Waals surface area contributed by atoms with Crippen molar-refractivity contribution in [3.63, 3.8) is 0 Å². The number of H-pyrrole nitrogens is 1. The number of ether oxygens (including phenoxy) is 1. The molecular weight excluding hydrogens is 250 g/mol. The molecule has 0 aliphatic carbocycles. The molecule has 0 saturated carbocycles. The van der Waals surface area contributed by atoms with Gasteiger partial charge >= 0.3 is 11.4 Å². The fourth-order valence-electron chi connectivity index (χ4n) is 2.18. The molecule has 0 radical (unpaired) electrons. The second-order valence-electron chi connectivity index (χ2n) is 4.31. The quantitative estimate of drug-likeness (QED) is 0.785. The Labute approximate surface area is 107 Å². The van der Waals surface area contributed by atoms with E-state index in [1.807, 2.05) is 0 Å². The van der Waals surface area contributed by atoms with E-state index in [-0.39, 0.29) is 12.0 Å². The molecule has 1 fully saturated rings. The summed E-state index contributed by atoms with van der Waals surface area (Å²) in [6, 6.07) is 1.54. The molecule has 2 aromatic heterocycles. The summed E-state index contributed by atoms with van der Waals surface area (Å²) in [6.45, 7) is 1.11. The van der Waals surface area contributed by atoms with Crippen molar-refractivity contribution in [2.75, 3.05) is 13.2 Å². The Morgan fingerprint density at radius 2 is 2.11 bits per heavy atom. The van der Waals surface area contributed by atoms with Crippen LogP contribution in [0.4, 0.5) is 0 Å². The highest BCUT2D eigenvalue weighted by Gasteiger charge is 2.20. The summed E-state index contributed by atoms with van der Waals surface area (Å²) in [7, 11) is 0. The molecule has 0 amide bonds. The summed E-state index contributed by atoms with van der Waals surface area (Å²) in [5.74, 6) is 0.128. The van der Waals surface area contributed by atoms with Crippen LogP contribution in [0.1, 0.15) is 18.9 Å². The molecule has 0 aromatic carbocycles. The smallest absolute Gasteiger partial charge is 0.355 e. The molecule has 0 atom stereocenters. The number of hydrogen-bond acceptors (Lipinski definition) is 5. The molecule has 1 aliphatic rings. The predicted octanol–water partition coefficient (Wildman–Crippen LogP) is -0.531. The van der Waals surface area contributed by atoms with E-state index in [9.17, 15) is 9.59 Å². The molecule has 1 aliphatic heterocycles. The standard InChI is InChI=1S/C11H13N5O3/c17-10-13-9(15-5-1-4-12-15)14-11(18)16(10)8-2-6-19-7-3-8/h1,4-5,8H,2-3,6-7H2,(H,13,14,17,18). The van der Waals surface area contributed by atoms with Gasteiger partial charge in [-0.15, -0.1) is 0 Å². The summed E-state index contributed by atoms with van der Waals surface area (Å²) >= 11 is 0. The second kappa shape index (κ2) is 4.81. The predicted molar refractivity (Wildman–Crippen MR) is 65.3 cm³/mol. The molecule has 3 rings (SSSR count). The van der Waals surface area contributed by atoms with Gasteiger partial charge in [0.15, 0.2) is 0 Å². The molecule has 0 spiro atoms. The van der Waals surface area contributed by atoms with Crippen LogP contribution in [0.25, 0.3) is 5.95 Å². The Morgan fingerprint density at radius 3 is 2.74 bits per heavy atom. The Morgan fingerprint density at radius 1 is 1.32 bits per heavy atom. The first-order valence-electron chi connectivity index (χ1n) is 6.06. The van der Waals surface area contributed by atoms with Gasteiger partial charge in [0, 0.05) is 31.6 Å². The van der Waals surface area contributed by atoms with E-state index in [0.717, 1.165) is 4.57 Å². The molecule has 1 N–H and O–H groups in total. The molecule has 0 bridgehead atoms. The second-order valence-corrected chi connectivity index (χ2v) is 4.31. The van der Waals surface area contributed by atoms with Crippen LogP contribution in [0, 0.1) is 0 Å².